The second-order valence-electron chi connectivity index (χ2n) is 14.3. The smallest absolute Gasteiger partial charge is 0.0541 e. The Morgan fingerprint density at radius 1 is 0.407 bits per heavy atom. The lowest BCUT2D eigenvalue weighted by Crippen LogP contribution is -1.97. The minimum atomic E-state index is 0.734. The fraction of sp³-hybridized carbons (Fsp3) is 0.0196. The van der Waals surface area contributed by atoms with Crippen molar-refractivity contribution in [2.75, 3.05) is 5.73 Å². The van der Waals surface area contributed by atoms with Gasteiger partial charge in [-0.15, -0.1) is 0 Å². The van der Waals surface area contributed by atoms with Gasteiger partial charge in [-0.2, -0.15) is 0 Å². The number of anilines is 1. The van der Waals surface area contributed by atoms with Crippen LogP contribution in [-0.4, -0.2) is 9.13 Å². The maximum Gasteiger partial charge on any atom is 0.0541 e. The van der Waals surface area contributed by atoms with E-state index < -0.39 is 0 Å². The number of fused-ring (bicyclic) bond motifs is 9. The molecule has 254 valence electrons. The van der Waals surface area contributed by atoms with Crippen LogP contribution in [-0.2, 0) is 6.54 Å². The first-order valence-electron chi connectivity index (χ1n) is 18.6. The average molecular weight is 690 g/mol. The number of para-hydroxylation sites is 2. The molecule has 2 heterocycles. The van der Waals surface area contributed by atoms with E-state index in [1.807, 2.05) is 6.07 Å². The van der Waals surface area contributed by atoms with Crippen LogP contribution < -0.4 is 5.73 Å². The third-order valence-corrected chi connectivity index (χ3v) is 11.3. The van der Waals surface area contributed by atoms with E-state index in [1.165, 1.54) is 88.1 Å². The summed E-state index contributed by atoms with van der Waals surface area (Å²) in [5.74, 6) is 0. The summed E-state index contributed by atoms with van der Waals surface area (Å²) in [6.07, 6.45) is 2.36. The van der Waals surface area contributed by atoms with E-state index >= 15 is 0 Å². The lowest BCUT2D eigenvalue weighted by molar-refractivity contribution is 0.900. The van der Waals surface area contributed by atoms with E-state index in [9.17, 15) is 0 Å². The van der Waals surface area contributed by atoms with Crippen LogP contribution in [0.25, 0.3) is 88.3 Å². The van der Waals surface area contributed by atoms with E-state index in [0.29, 0.717) is 0 Å². The summed E-state index contributed by atoms with van der Waals surface area (Å²) < 4.78 is 4.85. The summed E-state index contributed by atoms with van der Waals surface area (Å²) >= 11 is 0. The summed E-state index contributed by atoms with van der Waals surface area (Å²) in [5, 5.41) is 5.02. The van der Waals surface area contributed by atoms with E-state index in [-0.39, 0.29) is 0 Å². The Kier molecular flexibility index (Phi) is 6.77. The van der Waals surface area contributed by atoms with Crippen LogP contribution in [0, 0.1) is 0 Å². The molecule has 0 spiro atoms. The van der Waals surface area contributed by atoms with Crippen molar-refractivity contribution in [3.05, 3.63) is 199 Å². The van der Waals surface area contributed by atoms with Gasteiger partial charge >= 0.3 is 0 Å². The van der Waals surface area contributed by atoms with Crippen LogP contribution in [0.4, 0.5) is 5.69 Å². The highest BCUT2D eigenvalue weighted by atomic mass is 15.0. The number of nitrogen functional groups attached to an aromatic ring is 1. The number of nitrogens with two attached hydrogens (primary N) is 1. The van der Waals surface area contributed by atoms with Gasteiger partial charge in [0.1, 0.15) is 0 Å². The number of nitrogens with zero attached hydrogens (tertiary/aromatic N) is 2. The molecule has 0 bridgehead atoms. The average Bonchev–Trinajstić information content (AvgIpc) is 3.86. The number of rotatable bonds is 5. The number of benzene rings is 8. The molecular weight excluding hydrogens is 655 g/mol. The van der Waals surface area contributed by atoms with Crippen LogP contribution in [0.15, 0.2) is 188 Å². The first kappa shape index (κ1) is 30.5. The molecule has 2 N–H and O–H groups in total. The summed E-state index contributed by atoms with van der Waals surface area (Å²) in [6, 6.07) is 65.9. The van der Waals surface area contributed by atoms with Crippen LogP contribution in [0.3, 0.4) is 0 Å². The summed E-state index contributed by atoms with van der Waals surface area (Å²) in [7, 11) is 0. The molecule has 3 heteroatoms. The Balaban J connectivity index is 1.03. The molecule has 3 nitrogen and oxygen atoms in total. The molecule has 0 saturated heterocycles. The largest absolute Gasteiger partial charge is 0.398 e. The zero-order valence-electron chi connectivity index (χ0n) is 29.6. The molecule has 0 amide bonds. The second-order valence-corrected chi connectivity index (χ2v) is 14.3. The molecule has 10 aromatic rings. The van der Waals surface area contributed by atoms with Crippen molar-refractivity contribution < 1.29 is 0 Å². The molecule has 2 aromatic heterocycles. The lowest BCUT2D eigenvalue weighted by Gasteiger charge is -2.11. The van der Waals surface area contributed by atoms with Crippen molar-refractivity contribution in [1.82, 2.24) is 9.13 Å². The van der Waals surface area contributed by atoms with Crippen molar-refractivity contribution in [3.8, 4) is 39.1 Å². The van der Waals surface area contributed by atoms with Gasteiger partial charge in [-0.25, -0.2) is 0 Å². The Labute approximate surface area is 313 Å². The normalized spacial score (nSPS) is 13.0. The van der Waals surface area contributed by atoms with Crippen molar-refractivity contribution in [3.63, 3.8) is 0 Å². The molecule has 11 rings (SSSR count). The van der Waals surface area contributed by atoms with Crippen LogP contribution >= 0.6 is 0 Å². The molecule has 0 radical (unpaired) electrons. The Morgan fingerprint density at radius 3 is 1.78 bits per heavy atom. The van der Waals surface area contributed by atoms with Gasteiger partial charge in [0.05, 0.1) is 11.0 Å². The highest BCUT2D eigenvalue weighted by Gasteiger charge is 2.25. The molecule has 0 atom stereocenters. The van der Waals surface area contributed by atoms with Gasteiger partial charge in [0.2, 0.25) is 0 Å². The number of aromatic nitrogens is 2. The molecule has 0 fully saturated rings. The number of hydrogen-bond donors (Lipinski definition) is 1. The zero-order valence-corrected chi connectivity index (χ0v) is 29.6. The first-order chi connectivity index (χ1) is 26.7. The zero-order chi connectivity index (χ0) is 35.8. The maximum absolute atomic E-state index is 6.62. The first-order valence-corrected chi connectivity index (χ1v) is 18.6. The Morgan fingerprint density at radius 2 is 0.963 bits per heavy atom. The summed E-state index contributed by atoms with van der Waals surface area (Å²) in [4.78, 5) is 0. The van der Waals surface area contributed by atoms with Gasteiger partial charge in [-0.1, -0.05) is 133 Å². The van der Waals surface area contributed by atoms with E-state index in [2.05, 4.69) is 191 Å². The molecular formula is C51H35N3. The quantitative estimate of drug-likeness (QED) is 0.179. The van der Waals surface area contributed by atoms with Gasteiger partial charge < -0.3 is 14.9 Å². The number of hydrogen-bond acceptors (Lipinski definition) is 1. The minimum Gasteiger partial charge on any atom is -0.398 e. The molecule has 0 aliphatic heterocycles. The molecule has 0 saturated carbocycles. The molecule has 0 unspecified atom stereocenters. The molecule has 1 aliphatic carbocycles. The third-order valence-electron chi connectivity index (χ3n) is 11.3. The molecule has 8 aromatic carbocycles. The summed E-state index contributed by atoms with van der Waals surface area (Å²) in [5.41, 5.74) is 24.4. The van der Waals surface area contributed by atoms with Crippen molar-refractivity contribution in [2.45, 2.75) is 6.54 Å². The minimum absolute atomic E-state index is 0.734. The standard InChI is InChI=1S/C51H35N3/c52-46-21-11-20-42-38-16-4-5-17-39(38)43(51(42)46)28-29-53-47-22-8-6-18-40(47)44-31-35(24-26-48(44)53)36-25-27-50-45(32-36)41-19-7-9-23-49(41)54(50)37-15-10-14-34(30-37)33-12-2-1-3-13-33/h1-28,30-32H,29,52H2/b43-28-. The topological polar surface area (TPSA) is 35.9 Å². The second kappa shape index (κ2) is 12.0. The lowest BCUT2D eigenvalue weighted by atomic mass is 10.0. The third kappa shape index (κ3) is 4.62. The number of allylic oxidation sites excluding steroid dienone is 1. The molecule has 54 heavy (non-hydrogen) atoms. The summed E-state index contributed by atoms with van der Waals surface area (Å²) in [6.45, 7) is 0.734. The fourth-order valence-electron chi connectivity index (χ4n) is 8.89. The molecule has 1 aliphatic rings. The fourth-order valence-corrected chi connectivity index (χ4v) is 8.89. The van der Waals surface area contributed by atoms with Crippen LogP contribution in [0.5, 0.6) is 0 Å². The monoisotopic (exact) mass is 689 g/mol. The van der Waals surface area contributed by atoms with E-state index in [1.54, 1.807) is 0 Å². The Hall–Kier alpha value is -7.10. The Bertz CT molecular complexity index is 3140. The van der Waals surface area contributed by atoms with Crippen molar-refractivity contribution in [1.29, 1.82) is 0 Å². The van der Waals surface area contributed by atoms with E-state index in [0.717, 1.165) is 23.5 Å². The van der Waals surface area contributed by atoms with Gasteiger partial charge in [0, 0.05) is 56.1 Å². The maximum atomic E-state index is 6.62. The van der Waals surface area contributed by atoms with Crippen LogP contribution in [0.1, 0.15) is 11.1 Å². The van der Waals surface area contributed by atoms with E-state index in [4.69, 9.17) is 5.73 Å². The predicted octanol–water partition coefficient (Wildman–Crippen LogP) is 12.9. The highest BCUT2D eigenvalue weighted by molar-refractivity contribution is 6.12. The van der Waals surface area contributed by atoms with Crippen LogP contribution in [0.2, 0.25) is 0 Å². The van der Waals surface area contributed by atoms with Crippen molar-refractivity contribution in [2.24, 2.45) is 0 Å². The van der Waals surface area contributed by atoms with Gasteiger partial charge in [0.15, 0.2) is 0 Å². The highest BCUT2D eigenvalue weighted by Crippen LogP contribution is 2.47. The predicted molar refractivity (Wildman–Crippen MR) is 228 cm³/mol. The van der Waals surface area contributed by atoms with Gasteiger partial charge in [0.25, 0.3) is 0 Å². The SMILES string of the molecule is Nc1cccc2c1/C(=C\Cn1c3ccccc3c3cc(-c4ccc5c(c4)c4ccccc4n5-c4cccc(-c5ccccc5)c4)ccc31)c1ccccc1-2. The van der Waals surface area contributed by atoms with Gasteiger partial charge in [-0.05, 0) is 99.1 Å². The van der Waals surface area contributed by atoms with Crippen molar-refractivity contribution >= 4 is 54.9 Å². The van der Waals surface area contributed by atoms with Gasteiger partial charge in [-0.3, -0.25) is 0 Å².